The maximum Gasteiger partial charge on any atom is 0.242 e. The van der Waals surface area contributed by atoms with E-state index in [0.29, 0.717) is 12.0 Å². The summed E-state index contributed by atoms with van der Waals surface area (Å²) in [5.74, 6) is 1.64. The lowest BCUT2D eigenvalue weighted by Gasteiger charge is -2.48. The highest BCUT2D eigenvalue weighted by Gasteiger charge is 2.45. The number of fused-ring (bicyclic) bond motifs is 1. The number of piperidine rings is 1. The number of nitrogens with zero attached hydrogens (tertiary/aromatic N) is 1. The zero-order valence-electron chi connectivity index (χ0n) is 12.9. The van der Waals surface area contributed by atoms with E-state index in [9.17, 15) is 4.79 Å². The molecule has 3 nitrogen and oxygen atoms in total. The number of likely N-dealkylation sites (tertiary alicyclic amines) is 1. The monoisotopic (exact) mass is 278 g/mol. The van der Waals surface area contributed by atoms with Crippen LogP contribution in [0.1, 0.15) is 71.1 Å². The molecule has 0 aromatic carbocycles. The quantitative estimate of drug-likeness (QED) is 0.801. The van der Waals surface area contributed by atoms with Crippen LogP contribution in [0.15, 0.2) is 0 Å². The molecule has 0 aromatic heterocycles. The van der Waals surface area contributed by atoms with Crippen molar-refractivity contribution in [1.29, 1.82) is 0 Å². The topological polar surface area (TPSA) is 46.3 Å². The number of rotatable bonds is 1. The minimum Gasteiger partial charge on any atom is -0.338 e. The average Bonchev–Trinajstić information content (AvgIpc) is 2.45. The first-order valence-electron chi connectivity index (χ1n) is 8.70. The molecular weight excluding hydrogens is 248 g/mol. The first-order valence-corrected chi connectivity index (χ1v) is 8.70. The summed E-state index contributed by atoms with van der Waals surface area (Å²) in [6, 6.07) is 0.502. The smallest absolute Gasteiger partial charge is 0.242 e. The van der Waals surface area contributed by atoms with E-state index >= 15 is 0 Å². The van der Waals surface area contributed by atoms with Crippen LogP contribution < -0.4 is 5.73 Å². The Morgan fingerprint density at radius 1 is 1.10 bits per heavy atom. The van der Waals surface area contributed by atoms with Crippen molar-refractivity contribution in [1.82, 2.24) is 4.90 Å². The van der Waals surface area contributed by atoms with Crippen LogP contribution in [0.5, 0.6) is 0 Å². The van der Waals surface area contributed by atoms with E-state index in [1.54, 1.807) is 0 Å². The van der Waals surface area contributed by atoms with Gasteiger partial charge in [-0.3, -0.25) is 4.79 Å². The van der Waals surface area contributed by atoms with Crippen molar-refractivity contribution in [3.05, 3.63) is 0 Å². The highest BCUT2D eigenvalue weighted by molar-refractivity contribution is 5.86. The van der Waals surface area contributed by atoms with Crippen LogP contribution in [0.3, 0.4) is 0 Å². The van der Waals surface area contributed by atoms with E-state index < -0.39 is 5.54 Å². The van der Waals surface area contributed by atoms with Crippen LogP contribution in [0, 0.1) is 11.8 Å². The van der Waals surface area contributed by atoms with Gasteiger partial charge in [0.25, 0.3) is 0 Å². The third kappa shape index (κ3) is 2.61. The first kappa shape index (κ1) is 14.4. The van der Waals surface area contributed by atoms with Gasteiger partial charge in [0, 0.05) is 12.6 Å². The van der Waals surface area contributed by atoms with Crippen molar-refractivity contribution in [2.45, 2.75) is 82.7 Å². The van der Waals surface area contributed by atoms with Crippen molar-refractivity contribution in [2.75, 3.05) is 6.54 Å². The zero-order chi connectivity index (χ0) is 14.2. The fourth-order valence-electron chi connectivity index (χ4n) is 4.95. The molecule has 3 aliphatic rings. The van der Waals surface area contributed by atoms with E-state index in [-0.39, 0.29) is 5.91 Å². The minimum atomic E-state index is -0.559. The Bertz CT molecular complexity index is 368. The van der Waals surface area contributed by atoms with Crippen LogP contribution in [-0.4, -0.2) is 28.9 Å². The van der Waals surface area contributed by atoms with Gasteiger partial charge in [-0.05, 0) is 50.4 Å². The van der Waals surface area contributed by atoms with Crippen LogP contribution in [0.4, 0.5) is 0 Å². The Morgan fingerprint density at radius 3 is 2.65 bits per heavy atom. The van der Waals surface area contributed by atoms with Gasteiger partial charge in [-0.15, -0.1) is 0 Å². The van der Waals surface area contributed by atoms with E-state index in [1.165, 1.54) is 44.9 Å². The Balaban J connectivity index is 1.74. The van der Waals surface area contributed by atoms with Gasteiger partial charge in [-0.2, -0.15) is 0 Å². The molecule has 1 saturated heterocycles. The van der Waals surface area contributed by atoms with Gasteiger partial charge in [0.05, 0.1) is 5.54 Å². The summed E-state index contributed by atoms with van der Waals surface area (Å²) in [5.41, 5.74) is 6.00. The molecule has 4 unspecified atom stereocenters. The Hall–Kier alpha value is -0.570. The van der Waals surface area contributed by atoms with Crippen LogP contribution in [-0.2, 0) is 4.79 Å². The van der Waals surface area contributed by atoms with Gasteiger partial charge in [0.1, 0.15) is 0 Å². The lowest BCUT2D eigenvalue weighted by atomic mass is 9.73. The number of hydrogen-bond acceptors (Lipinski definition) is 2. The normalized spacial score (nSPS) is 42.1. The Labute approximate surface area is 123 Å². The fourth-order valence-corrected chi connectivity index (χ4v) is 4.95. The van der Waals surface area contributed by atoms with Crippen molar-refractivity contribution in [2.24, 2.45) is 17.6 Å². The van der Waals surface area contributed by atoms with Crippen molar-refractivity contribution < 1.29 is 4.79 Å². The molecule has 1 amide bonds. The second-order valence-corrected chi connectivity index (χ2v) is 7.61. The molecule has 3 rings (SSSR count). The molecule has 0 aromatic rings. The van der Waals surface area contributed by atoms with Crippen LogP contribution >= 0.6 is 0 Å². The molecule has 3 fully saturated rings. The zero-order valence-corrected chi connectivity index (χ0v) is 12.9. The summed E-state index contributed by atoms with van der Waals surface area (Å²) in [6.45, 7) is 3.20. The van der Waals surface area contributed by atoms with E-state index in [2.05, 4.69) is 11.8 Å². The summed E-state index contributed by atoms with van der Waals surface area (Å²) < 4.78 is 0. The molecule has 3 heteroatoms. The van der Waals surface area contributed by atoms with Crippen LogP contribution in [0.2, 0.25) is 0 Å². The maximum absolute atomic E-state index is 13.1. The van der Waals surface area contributed by atoms with Crippen molar-refractivity contribution >= 4 is 5.91 Å². The molecule has 2 aliphatic carbocycles. The number of carbonyl (C=O) groups is 1. The first-order chi connectivity index (χ1) is 9.60. The molecule has 2 N–H and O–H groups in total. The lowest BCUT2D eigenvalue weighted by Crippen LogP contribution is -2.62. The van der Waals surface area contributed by atoms with Crippen molar-refractivity contribution in [3.63, 3.8) is 0 Å². The minimum absolute atomic E-state index is 0.278. The number of hydrogen-bond donors (Lipinski definition) is 1. The molecule has 1 heterocycles. The van der Waals surface area contributed by atoms with E-state index in [4.69, 9.17) is 5.73 Å². The molecular formula is C17H30N2O. The third-order valence-electron chi connectivity index (χ3n) is 5.96. The molecule has 1 aliphatic heterocycles. The summed E-state index contributed by atoms with van der Waals surface area (Å²) in [5, 5.41) is 0. The van der Waals surface area contributed by atoms with Crippen molar-refractivity contribution in [3.8, 4) is 0 Å². The molecule has 0 bridgehead atoms. The standard InChI is InChI=1S/C17H30N2O/c1-13-6-4-10-17(18,12-13)16(20)19-11-5-8-14-7-2-3-9-15(14)19/h13-15H,2-12,18H2,1H3. The van der Waals surface area contributed by atoms with Gasteiger partial charge in [0.2, 0.25) is 5.91 Å². The Morgan fingerprint density at radius 2 is 1.85 bits per heavy atom. The Kier molecular flexibility index (Phi) is 4.07. The summed E-state index contributed by atoms with van der Waals surface area (Å²) in [4.78, 5) is 15.3. The van der Waals surface area contributed by atoms with Gasteiger partial charge in [0.15, 0.2) is 0 Å². The van der Waals surface area contributed by atoms with E-state index in [1.807, 2.05) is 0 Å². The van der Waals surface area contributed by atoms with E-state index in [0.717, 1.165) is 31.7 Å². The maximum atomic E-state index is 13.1. The highest BCUT2D eigenvalue weighted by atomic mass is 16.2. The van der Waals surface area contributed by atoms with Gasteiger partial charge in [-0.25, -0.2) is 0 Å². The number of amides is 1. The summed E-state index contributed by atoms with van der Waals surface area (Å²) >= 11 is 0. The number of nitrogens with two attached hydrogens (primary N) is 1. The SMILES string of the molecule is CC1CCCC(N)(C(=O)N2CCCC3CCCCC32)C1. The molecule has 0 radical (unpaired) electrons. The summed E-state index contributed by atoms with van der Waals surface area (Å²) in [7, 11) is 0. The average molecular weight is 278 g/mol. The predicted octanol–water partition coefficient (Wildman–Crippen LogP) is 3.08. The second-order valence-electron chi connectivity index (χ2n) is 7.61. The molecule has 0 spiro atoms. The highest BCUT2D eigenvalue weighted by Crippen LogP contribution is 2.38. The fraction of sp³-hybridized carbons (Fsp3) is 0.941. The third-order valence-corrected chi connectivity index (χ3v) is 5.96. The van der Waals surface area contributed by atoms with Gasteiger partial charge >= 0.3 is 0 Å². The van der Waals surface area contributed by atoms with Crippen LogP contribution in [0.25, 0.3) is 0 Å². The van der Waals surface area contributed by atoms with Gasteiger partial charge in [-0.1, -0.05) is 32.6 Å². The largest absolute Gasteiger partial charge is 0.338 e. The molecule has 20 heavy (non-hydrogen) atoms. The lowest BCUT2D eigenvalue weighted by molar-refractivity contribution is -0.145. The summed E-state index contributed by atoms with van der Waals surface area (Å²) in [6.07, 6.45) is 11.8. The second kappa shape index (κ2) is 5.67. The predicted molar refractivity (Wildman–Crippen MR) is 81.2 cm³/mol. The number of carbonyl (C=O) groups excluding carboxylic acids is 1. The molecule has 4 atom stereocenters. The van der Waals surface area contributed by atoms with Gasteiger partial charge < -0.3 is 10.6 Å². The molecule has 114 valence electrons. The molecule has 2 saturated carbocycles.